The molecule has 0 fully saturated rings. The van der Waals surface area contributed by atoms with Gasteiger partial charge in [0, 0.05) is 5.92 Å². The molecule has 8 heteroatoms. The minimum Gasteiger partial charge on any atom is -0.343 e. The number of alkyl halides is 6. The van der Waals surface area contributed by atoms with Gasteiger partial charge in [-0.3, -0.25) is 0 Å². The van der Waals surface area contributed by atoms with Crippen molar-refractivity contribution in [3.8, 4) is 0 Å². The van der Waals surface area contributed by atoms with Crippen LogP contribution in [0.4, 0.5) is 26.3 Å². The smallest absolute Gasteiger partial charge is 0.343 e. The number of halogens is 6. The fourth-order valence-electron chi connectivity index (χ4n) is 2.51. The number of hydrogen-bond donors (Lipinski definition) is 0. The Morgan fingerprint density at radius 2 is 1.50 bits per heavy atom. The van der Waals surface area contributed by atoms with Gasteiger partial charge in [-0.1, -0.05) is 24.3 Å². The summed E-state index contributed by atoms with van der Waals surface area (Å²) in [6.07, 6.45) is -9.87. The zero-order valence-electron chi connectivity index (χ0n) is 11.4. The van der Waals surface area contributed by atoms with E-state index in [0.717, 1.165) is 5.56 Å². The lowest BCUT2D eigenvalue weighted by molar-refractivity contribution is -0.264. The Labute approximate surface area is 123 Å². The van der Waals surface area contributed by atoms with E-state index in [1.54, 1.807) is 24.3 Å². The van der Waals surface area contributed by atoms with Crippen LogP contribution in [-0.2, 0) is 15.9 Å². The van der Waals surface area contributed by atoms with Gasteiger partial charge < -0.3 is 9.47 Å². The van der Waals surface area contributed by atoms with Gasteiger partial charge in [-0.05, 0) is 24.0 Å². The van der Waals surface area contributed by atoms with Crippen LogP contribution in [0.25, 0.3) is 0 Å². The maximum absolute atomic E-state index is 12.3. The molecule has 1 aromatic rings. The van der Waals surface area contributed by atoms with Gasteiger partial charge in [0.05, 0.1) is 0 Å². The Hall–Kier alpha value is -1.28. The third-order valence-electron chi connectivity index (χ3n) is 3.33. The zero-order valence-corrected chi connectivity index (χ0v) is 11.4. The Morgan fingerprint density at radius 3 is 2.05 bits per heavy atom. The van der Waals surface area contributed by atoms with Crippen molar-refractivity contribution < 1.29 is 35.8 Å². The van der Waals surface area contributed by atoms with Crippen molar-refractivity contribution in [1.29, 1.82) is 0 Å². The number of rotatable bonds is 5. The summed E-state index contributed by atoms with van der Waals surface area (Å²) < 4.78 is 82.8. The maximum Gasteiger partial charge on any atom is 0.411 e. The van der Waals surface area contributed by atoms with E-state index >= 15 is 0 Å². The van der Waals surface area contributed by atoms with Gasteiger partial charge in [0.15, 0.2) is 6.29 Å². The van der Waals surface area contributed by atoms with Crippen LogP contribution in [0.15, 0.2) is 24.3 Å². The number of benzene rings is 1. The zero-order chi connectivity index (χ0) is 16.4. The number of aryl methyl sites for hydroxylation is 1. The summed E-state index contributed by atoms with van der Waals surface area (Å²) in [6.45, 7) is -3.29. The summed E-state index contributed by atoms with van der Waals surface area (Å²) in [4.78, 5) is 0. The first-order valence-corrected chi connectivity index (χ1v) is 6.60. The van der Waals surface area contributed by atoms with Crippen molar-refractivity contribution in [2.45, 2.75) is 37.4 Å². The topological polar surface area (TPSA) is 18.5 Å². The van der Waals surface area contributed by atoms with Crippen molar-refractivity contribution in [3.05, 3.63) is 35.4 Å². The second kappa shape index (κ2) is 6.45. The van der Waals surface area contributed by atoms with Crippen molar-refractivity contribution in [2.24, 2.45) is 0 Å². The molecule has 1 unspecified atom stereocenters. The SMILES string of the molecule is FC(F)(F)COC(OCC(F)(F)F)C1CCc2ccccc21. The van der Waals surface area contributed by atoms with Crippen LogP contribution in [0, 0.1) is 0 Å². The van der Waals surface area contributed by atoms with E-state index in [4.69, 9.17) is 0 Å². The van der Waals surface area contributed by atoms with Crippen molar-refractivity contribution in [2.75, 3.05) is 13.2 Å². The predicted octanol–water partition coefficient (Wildman–Crippen LogP) is 4.20. The third kappa shape index (κ3) is 4.88. The van der Waals surface area contributed by atoms with Crippen LogP contribution in [0.1, 0.15) is 23.5 Å². The normalized spacial score (nSPS) is 18.8. The predicted molar refractivity (Wildman–Crippen MR) is 65.3 cm³/mol. The van der Waals surface area contributed by atoms with E-state index in [2.05, 4.69) is 9.47 Å². The van der Waals surface area contributed by atoms with Gasteiger partial charge in [-0.2, -0.15) is 26.3 Å². The molecule has 0 saturated heterocycles. The number of fused-ring (bicyclic) bond motifs is 1. The van der Waals surface area contributed by atoms with Gasteiger partial charge in [-0.25, -0.2) is 0 Å². The Balaban J connectivity index is 2.10. The van der Waals surface area contributed by atoms with Crippen LogP contribution in [0.2, 0.25) is 0 Å². The first kappa shape index (κ1) is 17.1. The molecule has 1 aliphatic carbocycles. The Kier molecular flexibility index (Phi) is 5.01. The van der Waals surface area contributed by atoms with Gasteiger partial charge >= 0.3 is 12.4 Å². The van der Waals surface area contributed by atoms with Crippen LogP contribution < -0.4 is 0 Å². The fourth-order valence-corrected chi connectivity index (χ4v) is 2.51. The van der Waals surface area contributed by atoms with Crippen LogP contribution in [0.5, 0.6) is 0 Å². The molecule has 1 aromatic carbocycles. The first-order valence-electron chi connectivity index (χ1n) is 6.60. The third-order valence-corrected chi connectivity index (χ3v) is 3.33. The van der Waals surface area contributed by atoms with Gasteiger partial charge in [0.25, 0.3) is 0 Å². The summed E-state index contributed by atoms with van der Waals surface area (Å²) in [5.41, 5.74) is 1.57. The molecule has 1 atom stereocenters. The highest BCUT2D eigenvalue weighted by Crippen LogP contribution is 2.38. The second-order valence-corrected chi connectivity index (χ2v) is 5.06. The summed E-state index contributed by atoms with van der Waals surface area (Å²) in [7, 11) is 0. The molecule has 0 N–H and O–H groups in total. The molecule has 0 spiro atoms. The average Bonchev–Trinajstić information content (AvgIpc) is 2.80. The van der Waals surface area contributed by atoms with E-state index in [-0.39, 0.29) is 0 Å². The number of hydrogen-bond acceptors (Lipinski definition) is 2. The van der Waals surface area contributed by atoms with Gasteiger partial charge in [0.2, 0.25) is 0 Å². The highest BCUT2D eigenvalue weighted by Gasteiger charge is 2.38. The standard InChI is InChI=1S/C14H14F6O2/c15-13(16,17)7-21-12(22-8-14(18,19)20)11-6-5-9-3-1-2-4-10(9)11/h1-4,11-12H,5-8H2. The van der Waals surface area contributed by atoms with E-state index in [9.17, 15) is 26.3 Å². The molecule has 0 amide bonds. The Bertz CT molecular complexity index is 479. The lowest BCUT2D eigenvalue weighted by atomic mass is 10.0. The van der Waals surface area contributed by atoms with E-state index in [0.29, 0.717) is 18.4 Å². The molecular formula is C14H14F6O2. The average molecular weight is 328 g/mol. The van der Waals surface area contributed by atoms with Crippen LogP contribution in [0.3, 0.4) is 0 Å². The molecule has 2 nitrogen and oxygen atoms in total. The largest absolute Gasteiger partial charge is 0.411 e. The molecule has 124 valence electrons. The molecule has 0 saturated carbocycles. The molecule has 0 aromatic heterocycles. The molecule has 22 heavy (non-hydrogen) atoms. The fraction of sp³-hybridized carbons (Fsp3) is 0.571. The molecular weight excluding hydrogens is 314 g/mol. The van der Waals surface area contributed by atoms with E-state index < -0.39 is 37.8 Å². The molecule has 0 aliphatic heterocycles. The second-order valence-electron chi connectivity index (χ2n) is 5.06. The maximum atomic E-state index is 12.3. The molecule has 0 bridgehead atoms. The van der Waals surface area contributed by atoms with Crippen LogP contribution in [-0.4, -0.2) is 31.9 Å². The summed E-state index contributed by atoms with van der Waals surface area (Å²) in [5.74, 6) is -0.638. The highest BCUT2D eigenvalue weighted by atomic mass is 19.4. The van der Waals surface area contributed by atoms with Crippen molar-refractivity contribution >= 4 is 0 Å². The van der Waals surface area contributed by atoms with Crippen molar-refractivity contribution in [3.63, 3.8) is 0 Å². The minimum atomic E-state index is -4.63. The molecule has 0 heterocycles. The number of ether oxygens (including phenoxy) is 2. The van der Waals surface area contributed by atoms with Crippen molar-refractivity contribution in [1.82, 2.24) is 0 Å². The van der Waals surface area contributed by atoms with Gasteiger partial charge in [-0.15, -0.1) is 0 Å². The van der Waals surface area contributed by atoms with E-state index in [1.165, 1.54) is 0 Å². The summed E-state index contributed by atoms with van der Waals surface area (Å²) in [5, 5.41) is 0. The summed E-state index contributed by atoms with van der Waals surface area (Å²) in [6, 6.07) is 6.92. The molecule has 2 rings (SSSR count). The molecule has 0 radical (unpaired) electrons. The molecule has 1 aliphatic rings. The Morgan fingerprint density at radius 1 is 0.955 bits per heavy atom. The van der Waals surface area contributed by atoms with E-state index in [1.807, 2.05) is 0 Å². The van der Waals surface area contributed by atoms with Gasteiger partial charge in [0.1, 0.15) is 13.2 Å². The first-order chi connectivity index (χ1) is 10.2. The lowest BCUT2D eigenvalue weighted by Crippen LogP contribution is -2.32. The monoisotopic (exact) mass is 328 g/mol. The minimum absolute atomic E-state index is 0.389. The van der Waals surface area contributed by atoms with Crippen LogP contribution >= 0.6 is 0 Å². The highest BCUT2D eigenvalue weighted by molar-refractivity contribution is 5.35. The quantitative estimate of drug-likeness (QED) is 0.596. The summed E-state index contributed by atoms with van der Waals surface area (Å²) >= 11 is 0. The lowest BCUT2D eigenvalue weighted by Gasteiger charge is -2.26.